The van der Waals surface area contributed by atoms with Gasteiger partial charge >= 0.3 is 0 Å². The van der Waals surface area contributed by atoms with Gasteiger partial charge in [-0.25, -0.2) is 0 Å². The highest BCUT2D eigenvalue weighted by molar-refractivity contribution is 5.76. The molecule has 0 spiro atoms. The normalized spacial score (nSPS) is 18.1. The molecule has 2 aromatic rings. The predicted molar refractivity (Wildman–Crippen MR) is 88.4 cm³/mol. The fourth-order valence-corrected chi connectivity index (χ4v) is 3.12. The van der Waals surface area contributed by atoms with Gasteiger partial charge in [0, 0.05) is 38.5 Å². The lowest BCUT2D eigenvalue weighted by molar-refractivity contribution is -0.132. The third-order valence-electron chi connectivity index (χ3n) is 4.39. The summed E-state index contributed by atoms with van der Waals surface area (Å²) in [5, 5.41) is 8.32. The molecule has 130 valence electrons. The number of likely N-dealkylation sites (tertiary alicyclic amines) is 1. The highest BCUT2D eigenvalue weighted by Gasteiger charge is 2.25. The van der Waals surface area contributed by atoms with Gasteiger partial charge in [0.2, 0.25) is 11.8 Å². The predicted octanol–water partition coefficient (Wildman–Crippen LogP) is 2.32. The quantitative estimate of drug-likeness (QED) is 0.812. The first-order valence-corrected chi connectivity index (χ1v) is 8.75. The molecule has 24 heavy (non-hydrogen) atoms. The maximum Gasteiger partial charge on any atom is 0.227 e. The Kier molecular flexibility index (Phi) is 5.27. The van der Waals surface area contributed by atoms with Crippen LogP contribution in [0.4, 0.5) is 0 Å². The van der Waals surface area contributed by atoms with E-state index < -0.39 is 0 Å². The standard InChI is InChI=1S/C17H25N5O2/c1-3-5-15-19-16(24-20-15)7-8-17(23)21-9-4-6-14(12-21)22-11-13(2)10-18-22/h10-11,14H,3-9,12H2,1-2H3/t14-/m0/s1. The van der Waals surface area contributed by atoms with Crippen molar-refractivity contribution in [3.8, 4) is 0 Å². The van der Waals surface area contributed by atoms with E-state index in [9.17, 15) is 4.79 Å². The van der Waals surface area contributed by atoms with Crippen LogP contribution in [0.5, 0.6) is 0 Å². The van der Waals surface area contributed by atoms with Crippen LogP contribution in [-0.2, 0) is 17.6 Å². The average Bonchev–Trinajstić information content (AvgIpc) is 3.22. The zero-order chi connectivity index (χ0) is 16.9. The molecule has 1 atom stereocenters. The minimum atomic E-state index is 0.152. The molecular weight excluding hydrogens is 306 g/mol. The van der Waals surface area contributed by atoms with Gasteiger partial charge in [0.1, 0.15) is 0 Å². The van der Waals surface area contributed by atoms with Gasteiger partial charge in [-0.15, -0.1) is 0 Å². The smallest absolute Gasteiger partial charge is 0.227 e. The second-order valence-corrected chi connectivity index (χ2v) is 6.49. The van der Waals surface area contributed by atoms with Crippen molar-refractivity contribution in [2.24, 2.45) is 0 Å². The number of nitrogens with zero attached hydrogens (tertiary/aromatic N) is 5. The van der Waals surface area contributed by atoms with Crippen molar-refractivity contribution in [1.29, 1.82) is 0 Å². The Morgan fingerprint density at radius 3 is 3.04 bits per heavy atom. The first-order valence-electron chi connectivity index (χ1n) is 8.75. The summed E-state index contributed by atoms with van der Waals surface area (Å²) in [6.07, 6.45) is 8.72. The maximum absolute atomic E-state index is 12.5. The summed E-state index contributed by atoms with van der Waals surface area (Å²) in [6, 6.07) is 0.274. The Bertz CT molecular complexity index is 678. The second-order valence-electron chi connectivity index (χ2n) is 6.49. The number of hydrogen-bond acceptors (Lipinski definition) is 5. The van der Waals surface area contributed by atoms with Gasteiger partial charge in [-0.1, -0.05) is 12.1 Å². The summed E-state index contributed by atoms with van der Waals surface area (Å²) in [5.41, 5.74) is 1.15. The van der Waals surface area contributed by atoms with Crippen LogP contribution in [0, 0.1) is 6.92 Å². The van der Waals surface area contributed by atoms with Gasteiger partial charge < -0.3 is 9.42 Å². The molecular formula is C17H25N5O2. The summed E-state index contributed by atoms with van der Waals surface area (Å²) >= 11 is 0. The summed E-state index contributed by atoms with van der Waals surface area (Å²) in [7, 11) is 0. The molecule has 3 heterocycles. The van der Waals surface area contributed by atoms with Crippen LogP contribution in [0.3, 0.4) is 0 Å². The maximum atomic E-state index is 12.5. The summed E-state index contributed by atoms with van der Waals surface area (Å²) in [5.74, 6) is 1.44. The molecule has 1 amide bonds. The zero-order valence-corrected chi connectivity index (χ0v) is 14.4. The molecule has 3 rings (SSSR count). The van der Waals surface area contributed by atoms with Crippen LogP contribution in [0.25, 0.3) is 0 Å². The largest absolute Gasteiger partial charge is 0.341 e. The van der Waals surface area contributed by atoms with E-state index in [-0.39, 0.29) is 11.9 Å². The van der Waals surface area contributed by atoms with Crippen LogP contribution in [0.15, 0.2) is 16.9 Å². The zero-order valence-electron chi connectivity index (χ0n) is 14.4. The minimum Gasteiger partial charge on any atom is -0.341 e. The molecule has 0 aromatic carbocycles. The van der Waals surface area contributed by atoms with E-state index in [1.165, 1.54) is 0 Å². The topological polar surface area (TPSA) is 77.0 Å². The number of hydrogen-bond donors (Lipinski definition) is 0. The average molecular weight is 331 g/mol. The summed E-state index contributed by atoms with van der Waals surface area (Å²) in [6.45, 7) is 5.66. The Labute approximate surface area is 142 Å². The molecule has 1 aliphatic heterocycles. The Morgan fingerprint density at radius 2 is 2.29 bits per heavy atom. The molecule has 0 N–H and O–H groups in total. The molecule has 0 radical (unpaired) electrons. The summed E-state index contributed by atoms with van der Waals surface area (Å²) in [4.78, 5) is 18.8. The number of piperidine rings is 1. The van der Waals surface area contributed by atoms with Gasteiger partial charge in [-0.3, -0.25) is 9.48 Å². The second kappa shape index (κ2) is 7.59. The molecule has 0 unspecified atom stereocenters. The summed E-state index contributed by atoms with van der Waals surface area (Å²) < 4.78 is 7.19. The van der Waals surface area contributed by atoms with E-state index in [2.05, 4.69) is 22.2 Å². The molecule has 0 bridgehead atoms. The van der Waals surface area contributed by atoms with Crippen LogP contribution in [0.2, 0.25) is 0 Å². The van der Waals surface area contributed by atoms with E-state index in [0.29, 0.717) is 18.7 Å². The third kappa shape index (κ3) is 4.01. The lowest BCUT2D eigenvalue weighted by Crippen LogP contribution is -2.40. The molecule has 1 saturated heterocycles. The number of aromatic nitrogens is 4. The molecule has 7 heteroatoms. The van der Waals surface area contributed by atoms with Crippen molar-refractivity contribution in [3.05, 3.63) is 29.7 Å². The lowest BCUT2D eigenvalue weighted by atomic mass is 10.1. The lowest BCUT2D eigenvalue weighted by Gasteiger charge is -2.32. The molecule has 1 fully saturated rings. The fraction of sp³-hybridized carbons (Fsp3) is 0.647. The number of rotatable bonds is 6. The molecule has 1 aliphatic rings. The van der Waals surface area contributed by atoms with Gasteiger partial charge in [-0.05, 0) is 31.7 Å². The fourth-order valence-electron chi connectivity index (χ4n) is 3.12. The van der Waals surface area contributed by atoms with E-state index >= 15 is 0 Å². The van der Waals surface area contributed by atoms with E-state index in [1.54, 1.807) is 0 Å². The monoisotopic (exact) mass is 331 g/mol. The van der Waals surface area contributed by atoms with Gasteiger partial charge in [-0.2, -0.15) is 10.1 Å². The van der Waals surface area contributed by atoms with Crippen molar-refractivity contribution in [2.45, 2.75) is 58.4 Å². The number of amides is 1. The third-order valence-corrected chi connectivity index (χ3v) is 4.39. The highest BCUT2D eigenvalue weighted by Crippen LogP contribution is 2.22. The Hall–Kier alpha value is -2.18. The molecule has 2 aromatic heterocycles. The highest BCUT2D eigenvalue weighted by atomic mass is 16.5. The van der Waals surface area contributed by atoms with Crippen molar-refractivity contribution >= 4 is 5.91 Å². The van der Waals surface area contributed by atoms with Crippen LogP contribution < -0.4 is 0 Å². The van der Waals surface area contributed by atoms with E-state index in [4.69, 9.17) is 4.52 Å². The molecule has 0 aliphatic carbocycles. The number of aryl methyl sites for hydroxylation is 3. The van der Waals surface area contributed by atoms with Gasteiger partial charge in [0.15, 0.2) is 5.82 Å². The van der Waals surface area contributed by atoms with E-state index in [1.807, 2.05) is 28.9 Å². The molecule has 7 nitrogen and oxygen atoms in total. The van der Waals surface area contributed by atoms with Gasteiger partial charge in [0.05, 0.1) is 12.2 Å². The van der Waals surface area contributed by atoms with Crippen molar-refractivity contribution < 1.29 is 9.32 Å². The number of carbonyl (C=O) groups is 1. The van der Waals surface area contributed by atoms with Crippen molar-refractivity contribution in [2.75, 3.05) is 13.1 Å². The van der Waals surface area contributed by atoms with Crippen molar-refractivity contribution in [1.82, 2.24) is 24.8 Å². The first-order chi connectivity index (χ1) is 11.7. The van der Waals surface area contributed by atoms with Gasteiger partial charge in [0.25, 0.3) is 0 Å². The van der Waals surface area contributed by atoms with Crippen LogP contribution in [0.1, 0.15) is 55.9 Å². The minimum absolute atomic E-state index is 0.152. The van der Waals surface area contributed by atoms with Crippen molar-refractivity contribution in [3.63, 3.8) is 0 Å². The Morgan fingerprint density at radius 1 is 1.42 bits per heavy atom. The number of carbonyl (C=O) groups excluding carboxylic acids is 1. The van der Waals surface area contributed by atoms with Crippen LogP contribution >= 0.6 is 0 Å². The van der Waals surface area contributed by atoms with Crippen LogP contribution in [-0.4, -0.2) is 43.8 Å². The SMILES string of the molecule is CCCc1noc(CCC(=O)N2CCC[C@H](n3cc(C)cn3)C2)n1. The first kappa shape index (κ1) is 16.7. The Balaban J connectivity index is 1.52. The molecule has 0 saturated carbocycles. The van der Waals surface area contributed by atoms with E-state index in [0.717, 1.165) is 50.2 Å².